The SMILES string of the molecule is COc1c(Br)cc(Br)cc1CNCCOCCO.Cl. The molecule has 0 heterocycles. The van der Waals surface area contributed by atoms with E-state index in [1.54, 1.807) is 7.11 Å². The third-order valence-electron chi connectivity index (χ3n) is 2.26. The molecule has 0 bridgehead atoms. The minimum Gasteiger partial charge on any atom is -0.495 e. The first-order chi connectivity index (χ1) is 8.69. The number of ether oxygens (including phenoxy) is 2. The predicted molar refractivity (Wildman–Crippen MR) is 85.3 cm³/mol. The van der Waals surface area contributed by atoms with Crippen molar-refractivity contribution in [3.05, 3.63) is 26.6 Å². The summed E-state index contributed by atoms with van der Waals surface area (Å²) in [4.78, 5) is 0. The Balaban J connectivity index is 0.00000324. The first-order valence-electron chi connectivity index (χ1n) is 5.60. The second-order valence-corrected chi connectivity index (χ2v) is 5.36. The summed E-state index contributed by atoms with van der Waals surface area (Å²) in [7, 11) is 1.65. The number of halogens is 3. The predicted octanol–water partition coefficient (Wildman–Crippen LogP) is 2.74. The highest BCUT2D eigenvalue weighted by atomic mass is 79.9. The lowest BCUT2D eigenvalue weighted by atomic mass is 10.2. The van der Waals surface area contributed by atoms with Gasteiger partial charge < -0.3 is 19.9 Å². The average molecular weight is 420 g/mol. The fourth-order valence-corrected chi connectivity index (χ4v) is 2.98. The van der Waals surface area contributed by atoms with Crippen LogP contribution in [0.25, 0.3) is 0 Å². The molecule has 0 aliphatic rings. The van der Waals surface area contributed by atoms with Crippen LogP contribution in [-0.4, -0.2) is 38.6 Å². The topological polar surface area (TPSA) is 50.7 Å². The maximum atomic E-state index is 8.56. The van der Waals surface area contributed by atoms with Gasteiger partial charge in [0.15, 0.2) is 0 Å². The Bertz CT molecular complexity index is 380. The van der Waals surface area contributed by atoms with Crippen LogP contribution in [0.2, 0.25) is 0 Å². The van der Waals surface area contributed by atoms with Gasteiger partial charge in [-0.15, -0.1) is 12.4 Å². The molecule has 1 aromatic carbocycles. The zero-order chi connectivity index (χ0) is 13.4. The van der Waals surface area contributed by atoms with Crippen molar-refractivity contribution in [3.8, 4) is 5.75 Å². The van der Waals surface area contributed by atoms with Gasteiger partial charge in [0, 0.05) is 23.1 Å². The fourth-order valence-electron chi connectivity index (χ4n) is 1.51. The Kier molecular flexibility index (Phi) is 11.0. The molecule has 0 spiro atoms. The molecule has 0 atom stereocenters. The summed E-state index contributed by atoms with van der Waals surface area (Å²) in [5.74, 6) is 0.835. The molecule has 2 N–H and O–H groups in total. The van der Waals surface area contributed by atoms with Gasteiger partial charge in [-0.25, -0.2) is 0 Å². The second-order valence-electron chi connectivity index (χ2n) is 3.59. The summed E-state index contributed by atoms with van der Waals surface area (Å²) in [6, 6.07) is 3.97. The zero-order valence-corrected chi connectivity index (χ0v) is 14.6. The molecule has 19 heavy (non-hydrogen) atoms. The minimum absolute atomic E-state index is 0. The van der Waals surface area contributed by atoms with E-state index in [2.05, 4.69) is 37.2 Å². The number of methoxy groups -OCH3 is 1. The first kappa shape index (κ1) is 19.1. The lowest BCUT2D eigenvalue weighted by Gasteiger charge is -2.12. The van der Waals surface area contributed by atoms with Crippen LogP contribution in [0, 0.1) is 0 Å². The van der Waals surface area contributed by atoms with Gasteiger partial charge >= 0.3 is 0 Å². The van der Waals surface area contributed by atoms with Crippen LogP contribution < -0.4 is 10.1 Å². The van der Waals surface area contributed by atoms with E-state index >= 15 is 0 Å². The molecule has 0 aliphatic carbocycles. The van der Waals surface area contributed by atoms with Crippen LogP contribution in [0.3, 0.4) is 0 Å². The van der Waals surface area contributed by atoms with Crippen molar-refractivity contribution < 1.29 is 14.6 Å². The van der Waals surface area contributed by atoms with Crippen LogP contribution >= 0.6 is 44.3 Å². The monoisotopic (exact) mass is 417 g/mol. The number of hydrogen-bond acceptors (Lipinski definition) is 4. The highest BCUT2D eigenvalue weighted by Crippen LogP contribution is 2.32. The molecular formula is C12H18Br2ClNO3. The standard InChI is InChI=1S/C12H17Br2NO3.ClH/c1-17-12-9(6-10(13)7-11(12)14)8-15-2-4-18-5-3-16;/h6-7,15-16H,2-5,8H2,1H3;1H. The zero-order valence-electron chi connectivity index (χ0n) is 10.6. The van der Waals surface area contributed by atoms with Crippen LogP contribution in [-0.2, 0) is 11.3 Å². The minimum atomic E-state index is 0. The van der Waals surface area contributed by atoms with Gasteiger partial charge in [0.1, 0.15) is 5.75 Å². The van der Waals surface area contributed by atoms with Crippen LogP contribution in [0.5, 0.6) is 5.75 Å². The molecule has 1 aromatic rings. The Morgan fingerprint density at radius 3 is 2.63 bits per heavy atom. The summed E-state index contributed by atoms with van der Waals surface area (Å²) < 4.78 is 12.4. The Morgan fingerprint density at radius 2 is 2.00 bits per heavy atom. The maximum absolute atomic E-state index is 8.56. The van der Waals surface area contributed by atoms with Gasteiger partial charge in [0.2, 0.25) is 0 Å². The molecule has 0 saturated heterocycles. The van der Waals surface area contributed by atoms with Crippen molar-refractivity contribution in [2.24, 2.45) is 0 Å². The molecule has 1 rings (SSSR count). The summed E-state index contributed by atoms with van der Waals surface area (Å²) >= 11 is 6.92. The van der Waals surface area contributed by atoms with Gasteiger partial charge in [-0.2, -0.15) is 0 Å². The van der Waals surface area contributed by atoms with E-state index in [4.69, 9.17) is 14.6 Å². The molecule has 0 aromatic heterocycles. The van der Waals surface area contributed by atoms with Crippen molar-refractivity contribution in [3.63, 3.8) is 0 Å². The molecule has 0 fully saturated rings. The first-order valence-corrected chi connectivity index (χ1v) is 7.19. The van der Waals surface area contributed by atoms with E-state index in [1.165, 1.54) is 0 Å². The van der Waals surface area contributed by atoms with E-state index in [0.717, 1.165) is 26.8 Å². The van der Waals surface area contributed by atoms with E-state index in [0.29, 0.717) is 19.8 Å². The Labute approximate surface area is 136 Å². The van der Waals surface area contributed by atoms with Gasteiger partial charge in [-0.1, -0.05) is 15.9 Å². The molecule has 0 amide bonds. The van der Waals surface area contributed by atoms with Crippen molar-refractivity contribution in [1.82, 2.24) is 5.32 Å². The van der Waals surface area contributed by atoms with Gasteiger partial charge in [0.05, 0.1) is 31.4 Å². The van der Waals surface area contributed by atoms with E-state index in [-0.39, 0.29) is 19.0 Å². The average Bonchev–Trinajstić information content (AvgIpc) is 2.33. The summed E-state index contributed by atoms with van der Waals surface area (Å²) in [6.07, 6.45) is 0. The number of nitrogens with one attached hydrogen (secondary N) is 1. The second kappa shape index (κ2) is 10.9. The number of benzene rings is 1. The van der Waals surface area contributed by atoms with Crippen molar-refractivity contribution in [1.29, 1.82) is 0 Å². The fraction of sp³-hybridized carbons (Fsp3) is 0.500. The molecule has 110 valence electrons. The van der Waals surface area contributed by atoms with Gasteiger partial charge in [-0.05, 0) is 28.1 Å². The number of aliphatic hydroxyl groups is 1. The summed E-state index contributed by atoms with van der Waals surface area (Å²) in [5, 5.41) is 11.8. The lowest BCUT2D eigenvalue weighted by Crippen LogP contribution is -2.20. The molecule has 0 aliphatic heterocycles. The Morgan fingerprint density at radius 1 is 1.26 bits per heavy atom. The van der Waals surface area contributed by atoms with Crippen molar-refractivity contribution in [2.75, 3.05) is 33.5 Å². The lowest BCUT2D eigenvalue weighted by molar-refractivity contribution is 0.0938. The molecule has 0 saturated carbocycles. The normalized spacial score (nSPS) is 10.1. The third-order valence-corrected chi connectivity index (χ3v) is 3.31. The number of hydrogen-bond donors (Lipinski definition) is 2. The number of aliphatic hydroxyl groups excluding tert-OH is 1. The highest BCUT2D eigenvalue weighted by Gasteiger charge is 2.08. The van der Waals surface area contributed by atoms with Crippen LogP contribution in [0.4, 0.5) is 0 Å². The molecular weight excluding hydrogens is 401 g/mol. The van der Waals surface area contributed by atoms with E-state index in [1.807, 2.05) is 12.1 Å². The highest BCUT2D eigenvalue weighted by molar-refractivity contribution is 9.11. The maximum Gasteiger partial charge on any atom is 0.137 e. The largest absolute Gasteiger partial charge is 0.495 e. The van der Waals surface area contributed by atoms with Gasteiger partial charge in [-0.3, -0.25) is 0 Å². The smallest absolute Gasteiger partial charge is 0.137 e. The molecule has 0 unspecified atom stereocenters. The van der Waals surface area contributed by atoms with Crippen LogP contribution in [0.15, 0.2) is 21.1 Å². The Hall–Kier alpha value is 0.150. The number of rotatable bonds is 8. The van der Waals surface area contributed by atoms with Crippen molar-refractivity contribution >= 4 is 44.3 Å². The van der Waals surface area contributed by atoms with Crippen LogP contribution in [0.1, 0.15) is 5.56 Å². The van der Waals surface area contributed by atoms with Gasteiger partial charge in [0.25, 0.3) is 0 Å². The molecule has 7 heteroatoms. The summed E-state index contributed by atoms with van der Waals surface area (Å²) in [5.41, 5.74) is 1.07. The van der Waals surface area contributed by atoms with Crippen molar-refractivity contribution in [2.45, 2.75) is 6.54 Å². The molecule has 4 nitrogen and oxygen atoms in total. The van der Waals surface area contributed by atoms with E-state index in [9.17, 15) is 0 Å². The van der Waals surface area contributed by atoms with E-state index < -0.39 is 0 Å². The molecule has 0 radical (unpaired) electrons. The quantitative estimate of drug-likeness (QED) is 0.637. The summed E-state index contributed by atoms with van der Waals surface area (Å²) in [6.45, 7) is 2.45. The third kappa shape index (κ3) is 6.92.